The van der Waals surface area contributed by atoms with Crippen molar-refractivity contribution in [2.45, 2.75) is 72.1 Å². The van der Waals surface area contributed by atoms with Gasteiger partial charge < -0.3 is 24.3 Å². The minimum Gasteiger partial charge on any atom is -0.461 e. The van der Waals surface area contributed by atoms with Crippen LogP contribution in [0.3, 0.4) is 0 Å². The van der Waals surface area contributed by atoms with Gasteiger partial charge in [-0.25, -0.2) is 0 Å². The molecule has 0 saturated heterocycles. The van der Waals surface area contributed by atoms with E-state index in [0.29, 0.717) is 45.8 Å². The average Bonchev–Trinajstić information content (AvgIpc) is 3.34. The Balaban J connectivity index is 1.75. The zero-order chi connectivity index (χ0) is 30.0. The number of hydrogen-bond acceptors (Lipinski definition) is 9. The molecule has 1 N–H and O–H groups in total. The minimum absolute atomic E-state index is 0.0766. The SMILES string of the molecule is [3H]c1cn(CCOCCOCCCC(=O)[C@@H](CC(C)C)NC(=O)[C@@H](CC(C)=O)CC(=O)OCc2ccccc2)nn1. The highest BCUT2D eigenvalue weighted by Gasteiger charge is 2.29. The molecule has 220 valence electrons. The number of hydrogen-bond donors (Lipinski definition) is 1. The van der Waals surface area contributed by atoms with Crippen LogP contribution in [0, 0.1) is 11.8 Å². The predicted molar refractivity (Wildman–Crippen MR) is 147 cm³/mol. The lowest BCUT2D eigenvalue weighted by atomic mass is 9.94. The Bertz CT molecular complexity index is 1090. The van der Waals surface area contributed by atoms with Gasteiger partial charge in [0.25, 0.3) is 0 Å². The number of amides is 1. The van der Waals surface area contributed by atoms with Gasteiger partial charge in [-0.05, 0) is 31.2 Å². The molecule has 11 heteroatoms. The first-order chi connectivity index (χ1) is 19.6. The maximum atomic E-state index is 13.1. The summed E-state index contributed by atoms with van der Waals surface area (Å²) in [7, 11) is 0. The van der Waals surface area contributed by atoms with E-state index in [-0.39, 0.29) is 49.5 Å². The molecular weight excluding hydrogens is 516 g/mol. The summed E-state index contributed by atoms with van der Waals surface area (Å²) in [5.41, 5.74) is 0.819. The molecule has 1 amide bonds. The van der Waals surface area contributed by atoms with Crippen molar-refractivity contribution >= 4 is 23.4 Å². The Morgan fingerprint density at radius 2 is 1.75 bits per heavy atom. The molecule has 0 aliphatic rings. The van der Waals surface area contributed by atoms with Crippen LogP contribution in [-0.2, 0) is 46.5 Å². The van der Waals surface area contributed by atoms with E-state index in [1.165, 1.54) is 17.8 Å². The molecule has 11 nitrogen and oxygen atoms in total. The van der Waals surface area contributed by atoms with Crippen LogP contribution in [0.5, 0.6) is 0 Å². The zero-order valence-electron chi connectivity index (χ0n) is 24.7. The summed E-state index contributed by atoms with van der Waals surface area (Å²) in [6, 6.07) is 8.46. The van der Waals surface area contributed by atoms with Crippen LogP contribution in [0.15, 0.2) is 42.7 Å². The number of nitrogens with zero attached hydrogens (tertiary/aromatic N) is 3. The van der Waals surface area contributed by atoms with Crippen molar-refractivity contribution in [2.75, 3.05) is 26.4 Å². The monoisotopic (exact) mass is 560 g/mol. The summed E-state index contributed by atoms with van der Waals surface area (Å²) in [5, 5.41) is 10.1. The van der Waals surface area contributed by atoms with E-state index < -0.39 is 23.8 Å². The number of ketones is 2. The Kier molecular flexibility index (Phi) is 14.6. The van der Waals surface area contributed by atoms with Crippen LogP contribution >= 0.6 is 0 Å². The molecule has 1 aromatic carbocycles. The molecule has 0 spiro atoms. The Hall–Kier alpha value is -3.44. The Labute approximate surface area is 237 Å². The van der Waals surface area contributed by atoms with E-state index >= 15 is 0 Å². The topological polar surface area (TPSA) is 139 Å². The highest BCUT2D eigenvalue weighted by molar-refractivity contribution is 5.93. The second-order valence-corrected chi connectivity index (χ2v) is 10.0. The molecule has 0 aliphatic carbocycles. The highest BCUT2D eigenvalue weighted by atomic mass is 16.5. The van der Waals surface area contributed by atoms with E-state index in [9.17, 15) is 19.2 Å². The van der Waals surface area contributed by atoms with E-state index in [0.717, 1.165) is 5.56 Å². The molecule has 0 aliphatic heterocycles. The van der Waals surface area contributed by atoms with Gasteiger partial charge in [-0.2, -0.15) is 0 Å². The van der Waals surface area contributed by atoms with Gasteiger partial charge in [0.15, 0.2) is 5.78 Å². The molecular formula is C29H42N4O7. The molecule has 40 heavy (non-hydrogen) atoms. The van der Waals surface area contributed by atoms with Gasteiger partial charge in [-0.15, -0.1) is 5.10 Å². The third-order valence-corrected chi connectivity index (χ3v) is 5.95. The zero-order valence-corrected chi connectivity index (χ0v) is 23.7. The van der Waals surface area contributed by atoms with Crippen molar-refractivity contribution in [3.8, 4) is 0 Å². The molecule has 2 atom stereocenters. The highest BCUT2D eigenvalue weighted by Crippen LogP contribution is 2.15. The Morgan fingerprint density at radius 1 is 1.02 bits per heavy atom. The van der Waals surface area contributed by atoms with Crippen LogP contribution in [0.2, 0.25) is 0 Å². The fourth-order valence-corrected chi connectivity index (χ4v) is 3.95. The molecule has 2 rings (SSSR count). The normalized spacial score (nSPS) is 12.9. The summed E-state index contributed by atoms with van der Waals surface area (Å²) in [5.74, 6) is -2.21. The fraction of sp³-hybridized carbons (Fsp3) is 0.586. The summed E-state index contributed by atoms with van der Waals surface area (Å²) < 4.78 is 25.2. The van der Waals surface area contributed by atoms with Crippen molar-refractivity contribution in [1.29, 1.82) is 0 Å². The van der Waals surface area contributed by atoms with E-state index in [1.54, 1.807) is 0 Å². The fourth-order valence-electron chi connectivity index (χ4n) is 3.95. The van der Waals surface area contributed by atoms with Gasteiger partial charge in [-0.3, -0.25) is 19.1 Å². The number of rotatable bonds is 21. The summed E-state index contributed by atoms with van der Waals surface area (Å²) >= 11 is 0. The van der Waals surface area contributed by atoms with Crippen molar-refractivity contribution in [3.63, 3.8) is 0 Å². The van der Waals surface area contributed by atoms with E-state index in [2.05, 4.69) is 15.6 Å². The molecule has 1 aromatic heterocycles. The molecule has 0 radical (unpaired) electrons. The largest absolute Gasteiger partial charge is 0.461 e. The molecule has 2 aromatic rings. The number of benzene rings is 1. The Morgan fingerprint density at radius 3 is 2.40 bits per heavy atom. The first-order valence-corrected chi connectivity index (χ1v) is 13.7. The minimum atomic E-state index is -0.917. The van der Waals surface area contributed by atoms with Crippen molar-refractivity contribution in [1.82, 2.24) is 20.3 Å². The third kappa shape index (κ3) is 14.1. The van der Waals surface area contributed by atoms with Gasteiger partial charge >= 0.3 is 5.97 Å². The van der Waals surface area contributed by atoms with Crippen molar-refractivity contribution in [3.05, 3.63) is 48.3 Å². The summed E-state index contributed by atoms with van der Waals surface area (Å²) in [4.78, 5) is 50.3. The number of esters is 1. The van der Waals surface area contributed by atoms with Gasteiger partial charge in [0.1, 0.15) is 12.4 Å². The first kappa shape index (κ1) is 31.1. The van der Waals surface area contributed by atoms with Crippen LogP contribution in [0.4, 0.5) is 0 Å². The molecule has 0 fully saturated rings. The average molecular weight is 561 g/mol. The second-order valence-electron chi connectivity index (χ2n) is 10.0. The van der Waals surface area contributed by atoms with E-state index in [4.69, 9.17) is 15.6 Å². The van der Waals surface area contributed by atoms with Gasteiger partial charge in [0.2, 0.25) is 5.91 Å². The van der Waals surface area contributed by atoms with Gasteiger partial charge in [-0.1, -0.05) is 49.4 Å². The quantitative estimate of drug-likeness (QED) is 0.180. The van der Waals surface area contributed by atoms with Gasteiger partial charge in [0.05, 0.1) is 52.3 Å². The van der Waals surface area contributed by atoms with Crippen LogP contribution in [0.1, 0.15) is 59.8 Å². The number of nitrogens with one attached hydrogen (secondary N) is 1. The number of carbonyl (C=O) groups is 4. The standard InChI is InChI=1S/C29H42N4O7/c1-22(2)18-26(27(35)10-7-14-38-16-17-39-15-13-33-12-11-30-32-33)31-29(37)25(19-23(3)34)20-28(36)40-21-24-8-5-4-6-9-24/h4-6,8-9,11-12,22,25-26H,7,10,13-21H2,1-3H3,(H,31,37)/t25-,26+/m0/s1/i11T. The van der Waals surface area contributed by atoms with Crippen molar-refractivity contribution in [2.24, 2.45) is 11.8 Å². The second kappa shape index (κ2) is 18.8. The van der Waals surface area contributed by atoms with Crippen LogP contribution in [0.25, 0.3) is 0 Å². The molecule has 0 saturated carbocycles. The maximum Gasteiger partial charge on any atom is 0.306 e. The number of aromatic nitrogens is 3. The smallest absolute Gasteiger partial charge is 0.306 e. The van der Waals surface area contributed by atoms with Crippen molar-refractivity contribution < 1.29 is 34.8 Å². The maximum absolute atomic E-state index is 13.1. The lowest BCUT2D eigenvalue weighted by molar-refractivity contribution is -0.148. The first-order valence-electron chi connectivity index (χ1n) is 14.2. The lowest BCUT2D eigenvalue weighted by Gasteiger charge is -2.23. The molecule has 0 bridgehead atoms. The van der Waals surface area contributed by atoms with Crippen LogP contribution < -0.4 is 5.32 Å². The van der Waals surface area contributed by atoms with E-state index in [1.807, 2.05) is 44.2 Å². The molecule has 0 unspecified atom stereocenters. The van der Waals surface area contributed by atoms with Gasteiger partial charge in [0, 0.05) is 25.6 Å². The summed E-state index contributed by atoms with van der Waals surface area (Å²) in [6.07, 6.45) is 2.39. The van der Waals surface area contributed by atoms with Crippen LogP contribution in [-0.4, -0.2) is 70.9 Å². The third-order valence-electron chi connectivity index (χ3n) is 5.95. The predicted octanol–water partition coefficient (Wildman–Crippen LogP) is 2.92. The molecule has 1 heterocycles. The summed E-state index contributed by atoms with van der Waals surface area (Å²) in [6.45, 7) is 7.37. The lowest BCUT2D eigenvalue weighted by Crippen LogP contribution is -2.45. The number of carbonyl (C=O) groups excluding carboxylic acids is 4. The number of Topliss-reactive ketones (excluding diaryl/α,β-unsaturated/α-hetero) is 2. The number of ether oxygens (including phenoxy) is 3.